The molecule has 4 nitrogen and oxygen atoms in total. The summed E-state index contributed by atoms with van der Waals surface area (Å²) in [6.45, 7) is 2.48. The maximum absolute atomic E-state index is 13.0. The van der Waals surface area contributed by atoms with Gasteiger partial charge in [-0.05, 0) is 36.8 Å². The van der Waals surface area contributed by atoms with E-state index in [-0.39, 0.29) is 5.91 Å². The fourth-order valence-electron chi connectivity index (χ4n) is 3.03. The number of hydrogen-bond acceptors (Lipinski definition) is 3. The molecule has 4 aromatic rings. The van der Waals surface area contributed by atoms with E-state index in [1.165, 1.54) is 5.56 Å². The van der Waals surface area contributed by atoms with Gasteiger partial charge < -0.3 is 5.32 Å². The highest BCUT2D eigenvalue weighted by atomic mass is 35.5. The van der Waals surface area contributed by atoms with Crippen LogP contribution in [-0.2, 0) is 6.54 Å². The summed E-state index contributed by atoms with van der Waals surface area (Å²) in [5.74, 6) is -0.174. The van der Waals surface area contributed by atoms with Crippen LogP contribution in [0.5, 0.6) is 0 Å². The molecular weight excluding hydrogens is 370 g/mol. The zero-order valence-corrected chi connectivity index (χ0v) is 16.1. The highest BCUT2D eigenvalue weighted by Crippen LogP contribution is 2.28. The number of rotatable bonds is 4. The average molecular weight is 388 g/mol. The number of aryl methyl sites for hydroxylation is 1. The van der Waals surface area contributed by atoms with E-state index < -0.39 is 0 Å². The molecule has 0 saturated heterocycles. The second-order valence-corrected chi connectivity index (χ2v) is 6.98. The largest absolute Gasteiger partial charge is 0.348 e. The van der Waals surface area contributed by atoms with Crippen LogP contribution < -0.4 is 5.32 Å². The van der Waals surface area contributed by atoms with Crippen LogP contribution in [-0.4, -0.2) is 15.9 Å². The molecule has 138 valence electrons. The molecule has 2 heterocycles. The molecule has 0 aliphatic heterocycles. The number of pyridine rings is 2. The van der Waals surface area contributed by atoms with E-state index in [2.05, 4.69) is 15.3 Å². The van der Waals surface area contributed by atoms with Gasteiger partial charge in [0.15, 0.2) is 0 Å². The molecule has 0 unspecified atom stereocenters. The number of fused-ring (bicyclic) bond motifs is 1. The molecule has 0 saturated carbocycles. The number of hydrogen-bond donors (Lipinski definition) is 1. The molecule has 4 rings (SSSR count). The second-order valence-electron chi connectivity index (χ2n) is 6.57. The molecule has 0 aliphatic rings. The number of aromatic nitrogens is 2. The average Bonchev–Trinajstić information content (AvgIpc) is 2.73. The van der Waals surface area contributed by atoms with Crippen LogP contribution in [0.2, 0.25) is 5.02 Å². The van der Waals surface area contributed by atoms with Crippen LogP contribution in [0.4, 0.5) is 0 Å². The van der Waals surface area contributed by atoms with E-state index in [0.717, 1.165) is 5.56 Å². The molecule has 1 N–H and O–H groups in total. The fraction of sp³-hybridized carbons (Fsp3) is 0.0870. The number of carbonyl (C=O) groups is 1. The first kappa shape index (κ1) is 18.1. The van der Waals surface area contributed by atoms with Gasteiger partial charge in [-0.15, -0.1) is 0 Å². The number of benzene rings is 2. The van der Waals surface area contributed by atoms with Crippen LogP contribution in [0.1, 0.15) is 21.5 Å². The van der Waals surface area contributed by atoms with E-state index in [1.807, 2.05) is 61.5 Å². The Labute approximate surface area is 168 Å². The number of halogens is 1. The monoisotopic (exact) mass is 387 g/mol. The lowest BCUT2D eigenvalue weighted by Gasteiger charge is -2.11. The second kappa shape index (κ2) is 7.79. The smallest absolute Gasteiger partial charge is 0.252 e. The summed E-state index contributed by atoms with van der Waals surface area (Å²) in [5, 5.41) is 4.21. The molecule has 0 spiro atoms. The van der Waals surface area contributed by atoms with Gasteiger partial charge in [0.1, 0.15) is 0 Å². The van der Waals surface area contributed by atoms with Crippen molar-refractivity contribution < 1.29 is 4.79 Å². The molecule has 0 fully saturated rings. The van der Waals surface area contributed by atoms with Crippen molar-refractivity contribution >= 4 is 28.4 Å². The van der Waals surface area contributed by atoms with Gasteiger partial charge in [0, 0.05) is 18.1 Å². The Balaban J connectivity index is 1.73. The third-order valence-corrected chi connectivity index (χ3v) is 4.84. The van der Waals surface area contributed by atoms with Crippen LogP contribution in [0.25, 0.3) is 22.3 Å². The molecule has 0 atom stereocenters. The van der Waals surface area contributed by atoms with Gasteiger partial charge in [-0.3, -0.25) is 9.78 Å². The lowest BCUT2D eigenvalue weighted by Crippen LogP contribution is -2.23. The highest BCUT2D eigenvalue weighted by molar-refractivity contribution is 6.35. The predicted octanol–water partition coefficient (Wildman–Crippen LogP) is 5.19. The van der Waals surface area contributed by atoms with Crippen molar-refractivity contribution in [3.8, 4) is 11.4 Å². The van der Waals surface area contributed by atoms with E-state index in [4.69, 9.17) is 11.6 Å². The summed E-state index contributed by atoms with van der Waals surface area (Å²) in [5.41, 5.74) is 4.65. The van der Waals surface area contributed by atoms with Gasteiger partial charge in [0.05, 0.1) is 27.5 Å². The lowest BCUT2D eigenvalue weighted by molar-refractivity contribution is 0.0952. The highest BCUT2D eigenvalue weighted by Gasteiger charge is 2.16. The SMILES string of the molecule is Cc1ccc(CNC(=O)c2cc(-c3ccccn3)nc3c(Cl)cccc23)cc1. The maximum atomic E-state index is 13.0. The Morgan fingerprint density at radius 1 is 1.00 bits per heavy atom. The minimum absolute atomic E-state index is 0.174. The van der Waals surface area contributed by atoms with Gasteiger partial charge in [-0.2, -0.15) is 0 Å². The fourth-order valence-corrected chi connectivity index (χ4v) is 3.25. The molecule has 2 aromatic carbocycles. The molecule has 0 bridgehead atoms. The van der Waals surface area contributed by atoms with Crippen molar-refractivity contribution in [2.45, 2.75) is 13.5 Å². The Morgan fingerprint density at radius 2 is 1.82 bits per heavy atom. The number of carbonyl (C=O) groups excluding carboxylic acids is 1. The summed E-state index contributed by atoms with van der Waals surface area (Å²) in [6.07, 6.45) is 1.70. The zero-order valence-electron chi connectivity index (χ0n) is 15.3. The summed E-state index contributed by atoms with van der Waals surface area (Å²) in [7, 11) is 0. The van der Waals surface area contributed by atoms with E-state index >= 15 is 0 Å². The molecular formula is C23H18ClN3O. The Kier molecular flexibility index (Phi) is 5.04. The number of amides is 1. The zero-order chi connectivity index (χ0) is 19.5. The van der Waals surface area contributed by atoms with E-state index in [0.29, 0.717) is 39.4 Å². The Bertz CT molecular complexity index is 1140. The maximum Gasteiger partial charge on any atom is 0.252 e. The first-order valence-corrected chi connectivity index (χ1v) is 9.34. The Morgan fingerprint density at radius 3 is 2.57 bits per heavy atom. The van der Waals surface area contributed by atoms with Crippen molar-refractivity contribution in [2.24, 2.45) is 0 Å². The Hall–Kier alpha value is -3.24. The van der Waals surface area contributed by atoms with Gasteiger partial charge in [0.25, 0.3) is 5.91 Å². The van der Waals surface area contributed by atoms with Crippen LogP contribution >= 0.6 is 11.6 Å². The predicted molar refractivity (Wildman–Crippen MR) is 112 cm³/mol. The first-order valence-electron chi connectivity index (χ1n) is 8.96. The van der Waals surface area contributed by atoms with Crippen molar-refractivity contribution in [1.82, 2.24) is 15.3 Å². The summed E-state index contributed by atoms with van der Waals surface area (Å²) in [4.78, 5) is 22.0. The minimum Gasteiger partial charge on any atom is -0.348 e. The van der Waals surface area contributed by atoms with Crippen LogP contribution in [0, 0.1) is 6.92 Å². The minimum atomic E-state index is -0.174. The standard InChI is InChI=1S/C23H18ClN3O/c1-15-8-10-16(11-9-15)14-26-23(28)18-13-21(20-7-2-3-12-25-20)27-22-17(18)5-4-6-19(22)24/h2-13H,14H2,1H3,(H,26,28). The molecule has 0 radical (unpaired) electrons. The summed E-state index contributed by atoms with van der Waals surface area (Å²) >= 11 is 6.37. The molecule has 2 aromatic heterocycles. The van der Waals surface area contributed by atoms with Crippen LogP contribution in [0.15, 0.2) is 72.9 Å². The van der Waals surface area contributed by atoms with Crippen LogP contribution in [0.3, 0.4) is 0 Å². The van der Waals surface area contributed by atoms with Crippen molar-refractivity contribution in [3.63, 3.8) is 0 Å². The summed E-state index contributed by atoms with van der Waals surface area (Å²) < 4.78 is 0. The topological polar surface area (TPSA) is 54.9 Å². The number of nitrogens with one attached hydrogen (secondary N) is 1. The first-order chi connectivity index (χ1) is 13.6. The quantitative estimate of drug-likeness (QED) is 0.524. The molecule has 28 heavy (non-hydrogen) atoms. The summed E-state index contributed by atoms with van der Waals surface area (Å²) in [6, 6.07) is 20.9. The van der Waals surface area contributed by atoms with Gasteiger partial charge in [-0.25, -0.2) is 4.98 Å². The normalized spacial score (nSPS) is 10.8. The lowest BCUT2D eigenvalue weighted by atomic mass is 10.1. The van der Waals surface area contributed by atoms with Crippen molar-refractivity contribution in [2.75, 3.05) is 0 Å². The molecule has 0 aliphatic carbocycles. The van der Waals surface area contributed by atoms with E-state index in [1.54, 1.807) is 18.3 Å². The van der Waals surface area contributed by atoms with E-state index in [9.17, 15) is 4.79 Å². The van der Waals surface area contributed by atoms with Gasteiger partial charge in [-0.1, -0.05) is 59.6 Å². The third kappa shape index (κ3) is 3.73. The molecule has 1 amide bonds. The molecule has 5 heteroatoms. The van der Waals surface area contributed by atoms with Crippen molar-refractivity contribution in [3.05, 3.63) is 94.6 Å². The number of para-hydroxylation sites is 1. The number of nitrogens with zero attached hydrogens (tertiary/aromatic N) is 2. The third-order valence-electron chi connectivity index (χ3n) is 4.54. The van der Waals surface area contributed by atoms with Gasteiger partial charge >= 0.3 is 0 Å². The van der Waals surface area contributed by atoms with Crippen molar-refractivity contribution in [1.29, 1.82) is 0 Å². The van der Waals surface area contributed by atoms with Gasteiger partial charge in [0.2, 0.25) is 0 Å².